The molecule has 0 atom stereocenters. The third-order valence-electron chi connectivity index (χ3n) is 4.06. The van der Waals surface area contributed by atoms with Gasteiger partial charge in [0.25, 0.3) is 5.71 Å². The smallest absolute Gasteiger partial charge is 0.262 e. The molecule has 2 heterocycles. The van der Waals surface area contributed by atoms with Gasteiger partial charge in [0, 0.05) is 12.0 Å². The van der Waals surface area contributed by atoms with E-state index < -0.39 is 0 Å². The fourth-order valence-corrected chi connectivity index (χ4v) is 2.67. The van der Waals surface area contributed by atoms with Crippen LogP contribution in [0.25, 0.3) is 11.1 Å². The van der Waals surface area contributed by atoms with E-state index in [1.807, 2.05) is 12.1 Å². The van der Waals surface area contributed by atoms with Crippen LogP contribution in [-0.4, -0.2) is 21.7 Å². The molecule has 0 aliphatic heterocycles. The van der Waals surface area contributed by atoms with Crippen LogP contribution < -0.4 is 5.32 Å². The Kier molecular flexibility index (Phi) is 2.63. The number of nitrogens with one attached hydrogen (secondary N) is 1. The molecular weight excluding hydrogens is 271 g/mol. The number of anilines is 1. The molecular formula is C15H13FN4O. The van der Waals surface area contributed by atoms with Gasteiger partial charge in [-0.25, -0.2) is 9.37 Å². The molecule has 6 heteroatoms. The normalized spacial score (nSPS) is 16.0. The Morgan fingerprint density at radius 1 is 1.24 bits per heavy atom. The largest absolute Gasteiger partial charge is 0.368 e. The third-order valence-corrected chi connectivity index (χ3v) is 4.06. The zero-order valence-corrected chi connectivity index (χ0v) is 11.2. The number of benzene rings is 1. The number of rotatable bonds is 4. The lowest BCUT2D eigenvalue weighted by atomic mass is 9.95. The summed E-state index contributed by atoms with van der Waals surface area (Å²) in [5.41, 5.74) is 1.08. The lowest BCUT2D eigenvalue weighted by molar-refractivity contribution is 0.448. The highest BCUT2D eigenvalue weighted by Crippen LogP contribution is 2.49. The van der Waals surface area contributed by atoms with Crippen molar-refractivity contribution in [1.82, 2.24) is 15.1 Å². The van der Waals surface area contributed by atoms with Crippen LogP contribution in [0.3, 0.4) is 0 Å². The quantitative estimate of drug-likeness (QED) is 0.798. The monoisotopic (exact) mass is 284 g/mol. The molecule has 5 nitrogen and oxygen atoms in total. The Morgan fingerprint density at radius 2 is 2.10 bits per heavy atom. The molecule has 1 saturated carbocycles. The molecule has 2 aromatic heterocycles. The predicted molar refractivity (Wildman–Crippen MR) is 75.4 cm³/mol. The van der Waals surface area contributed by atoms with Gasteiger partial charge in [-0.3, -0.25) is 0 Å². The van der Waals surface area contributed by atoms with Crippen molar-refractivity contribution in [1.29, 1.82) is 0 Å². The molecule has 106 valence electrons. The molecule has 0 bridgehead atoms. The summed E-state index contributed by atoms with van der Waals surface area (Å²) < 4.78 is 19.0. The SMILES string of the molecule is Fc1ccccc1C1(CNc2ncnc3oncc23)CC1. The zero-order chi connectivity index (χ0) is 14.3. The van der Waals surface area contributed by atoms with Crippen LogP contribution in [0.4, 0.5) is 10.2 Å². The molecule has 1 fully saturated rings. The average Bonchev–Trinajstić information content (AvgIpc) is 3.13. The highest BCUT2D eigenvalue weighted by atomic mass is 19.1. The minimum Gasteiger partial charge on any atom is -0.368 e. The van der Waals surface area contributed by atoms with Crippen LogP contribution in [0.2, 0.25) is 0 Å². The van der Waals surface area contributed by atoms with Crippen LogP contribution in [0.15, 0.2) is 41.3 Å². The fraction of sp³-hybridized carbons (Fsp3) is 0.267. The minimum atomic E-state index is -0.144. The van der Waals surface area contributed by atoms with Gasteiger partial charge in [-0.2, -0.15) is 4.98 Å². The molecule has 3 aromatic rings. The molecule has 0 radical (unpaired) electrons. The van der Waals surface area contributed by atoms with E-state index in [0.717, 1.165) is 23.8 Å². The van der Waals surface area contributed by atoms with Gasteiger partial charge in [-0.15, -0.1) is 0 Å². The van der Waals surface area contributed by atoms with Crippen molar-refractivity contribution < 1.29 is 8.91 Å². The van der Waals surface area contributed by atoms with Gasteiger partial charge in [-0.05, 0) is 24.5 Å². The maximum atomic E-state index is 14.0. The summed E-state index contributed by atoms with van der Waals surface area (Å²) >= 11 is 0. The third kappa shape index (κ3) is 2.03. The molecule has 1 aliphatic rings. The lowest BCUT2D eigenvalue weighted by Crippen LogP contribution is -2.21. The van der Waals surface area contributed by atoms with E-state index in [1.54, 1.807) is 12.3 Å². The van der Waals surface area contributed by atoms with Gasteiger partial charge in [0.15, 0.2) is 0 Å². The fourth-order valence-electron chi connectivity index (χ4n) is 2.67. The topological polar surface area (TPSA) is 63.8 Å². The van der Waals surface area contributed by atoms with Crippen molar-refractivity contribution in [3.8, 4) is 0 Å². The molecule has 1 aliphatic carbocycles. The summed E-state index contributed by atoms with van der Waals surface area (Å²) in [7, 11) is 0. The van der Waals surface area contributed by atoms with E-state index in [9.17, 15) is 4.39 Å². The second-order valence-electron chi connectivity index (χ2n) is 5.38. The molecule has 0 amide bonds. The van der Waals surface area contributed by atoms with Gasteiger partial charge in [0.2, 0.25) is 0 Å². The maximum Gasteiger partial charge on any atom is 0.262 e. The Labute approximate surface area is 120 Å². The summed E-state index contributed by atoms with van der Waals surface area (Å²) in [6, 6.07) is 6.96. The minimum absolute atomic E-state index is 0.139. The number of hydrogen-bond acceptors (Lipinski definition) is 5. The van der Waals surface area contributed by atoms with Crippen LogP contribution in [0, 0.1) is 5.82 Å². The summed E-state index contributed by atoms with van der Waals surface area (Å²) in [4.78, 5) is 8.20. The van der Waals surface area contributed by atoms with Crippen molar-refractivity contribution in [2.45, 2.75) is 18.3 Å². The van der Waals surface area contributed by atoms with Crippen LogP contribution in [0.5, 0.6) is 0 Å². The average molecular weight is 284 g/mol. The van der Waals surface area contributed by atoms with Crippen molar-refractivity contribution in [3.63, 3.8) is 0 Å². The molecule has 1 aromatic carbocycles. The Hall–Kier alpha value is -2.50. The zero-order valence-electron chi connectivity index (χ0n) is 11.2. The number of hydrogen-bond donors (Lipinski definition) is 1. The molecule has 0 saturated heterocycles. The first-order chi connectivity index (χ1) is 10.3. The van der Waals surface area contributed by atoms with E-state index in [2.05, 4.69) is 20.4 Å². The Morgan fingerprint density at radius 3 is 2.90 bits per heavy atom. The van der Waals surface area contributed by atoms with E-state index in [1.165, 1.54) is 12.4 Å². The van der Waals surface area contributed by atoms with Gasteiger partial charge in [-0.1, -0.05) is 23.4 Å². The van der Waals surface area contributed by atoms with Gasteiger partial charge >= 0.3 is 0 Å². The standard InChI is InChI=1S/C15H13FN4O/c16-12-4-2-1-3-11(12)15(5-6-15)8-17-13-10-7-20-21-14(10)19-9-18-13/h1-4,7,9H,5-6,8H2,(H,17,18,19). The van der Waals surface area contributed by atoms with Crippen molar-refractivity contribution in [2.75, 3.05) is 11.9 Å². The number of halogens is 1. The first kappa shape index (κ1) is 12.3. The summed E-state index contributed by atoms with van der Waals surface area (Å²) in [6.45, 7) is 0.630. The van der Waals surface area contributed by atoms with Crippen molar-refractivity contribution in [3.05, 3.63) is 48.2 Å². The van der Waals surface area contributed by atoms with Crippen molar-refractivity contribution in [2.24, 2.45) is 0 Å². The lowest BCUT2D eigenvalue weighted by Gasteiger charge is -2.17. The molecule has 0 spiro atoms. The molecule has 0 unspecified atom stereocenters. The number of aromatic nitrogens is 3. The highest BCUT2D eigenvalue weighted by Gasteiger charge is 2.45. The Bertz CT molecular complexity index is 797. The number of nitrogens with zero attached hydrogens (tertiary/aromatic N) is 3. The van der Waals surface area contributed by atoms with Gasteiger partial charge in [0.1, 0.15) is 23.3 Å². The molecule has 1 N–H and O–H groups in total. The maximum absolute atomic E-state index is 14.0. The molecule has 21 heavy (non-hydrogen) atoms. The van der Waals surface area contributed by atoms with Crippen LogP contribution >= 0.6 is 0 Å². The predicted octanol–water partition coefficient (Wildman–Crippen LogP) is 2.90. The van der Waals surface area contributed by atoms with Crippen molar-refractivity contribution >= 4 is 16.9 Å². The molecule has 4 rings (SSSR count). The van der Waals surface area contributed by atoms with E-state index in [4.69, 9.17) is 4.52 Å². The Balaban J connectivity index is 1.60. The van der Waals surface area contributed by atoms with Crippen LogP contribution in [-0.2, 0) is 5.41 Å². The highest BCUT2D eigenvalue weighted by molar-refractivity contribution is 5.84. The summed E-state index contributed by atoms with van der Waals surface area (Å²) in [5.74, 6) is 0.526. The summed E-state index contributed by atoms with van der Waals surface area (Å²) in [6.07, 6.45) is 4.95. The van der Waals surface area contributed by atoms with Crippen LogP contribution in [0.1, 0.15) is 18.4 Å². The number of fused-ring (bicyclic) bond motifs is 1. The van der Waals surface area contributed by atoms with E-state index >= 15 is 0 Å². The van der Waals surface area contributed by atoms with Gasteiger partial charge < -0.3 is 9.84 Å². The van der Waals surface area contributed by atoms with E-state index in [0.29, 0.717) is 18.1 Å². The first-order valence-corrected chi connectivity index (χ1v) is 6.83. The second kappa shape index (κ2) is 4.51. The summed E-state index contributed by atoms with van der Waals surface area (Å²) in [5, 5.41) is 7.74. The second-order valence-corrected chi connectivity index (χ2v) is 5.38. The van der Waals surface area contributed by atoms with E-state index in [-0.39, 0.29) is 11.2 Å². The van der Waals surface area contributed by atoms with Gasteiger partial charge in [0.05, 0.1) is 6.20 Å². The first-order valence-electron chi connectivity index (χ1n) is 6.83.